The summed E-state index contributed by atoms with van der Waals surface area (Å²) in [4.78, 5) is 0. The first kappa shape index (κ1) is 13.8. The van der Waals surface area contributed by atoms with Gasteiger partial charge in [0.25, 0.3) is 0 Å². The molecule has 0 aliphatic carbocycles. The van der Waals surface area contributed by atoms with Crippen molar-refractivity contribution in [3.63, 3.8) is 0 Å². The van der Waals surface area contributed by atoms with Crippen molar-refractivity contribution in [1.29, 1.82) is 0 Å². The molecule has 0 aliphatic rings. The second-order valence-electron chi connectivity index (χ2n) is 4.61. The Morgan fingerprint density at radius 1 is 1.11 bits per heavy atom. The van der Waals surface area contributed by atoms with Crippen LogP contribution in [0.3, 0.4) is 0 Å². The van der Waals surface area contributed by atoms with Gasteiger partial charge in [0.15, 0.2) is 0 Å². The molecule has 2 N–H and O–H groups in total. The third kappa shape index (κ3) is 3.25. The van der Waals surface area contributed by atoms with Crippen LogP contribution in [0, 0.1) is 0 Å². The van der Waals surface area contributed by atoms with Crippen LogP contribution < -0.4 is 5.46 Å². The Hall–Kier alpha value is -1.59. The van der Waals surface area contributed by atoms with Crippen molar-refractivity contribution in [2.24, 2.45) is 0 Å². The largest absolute Gasteiger partial charge is 0.488 e. The minimum atomic E-state index is -1.41. The van der Waals surface area contributed by atoms with E-state index < -0.39 is 7.12 Å². The zero-order chi connectivity index (χ0) is 13.8. The third-order valence-corrected chi connectivity index (χ3v) is 3.25. The van der Waals surface area contributed by atoms with Crippen LogP contribution in [0.5, 0.6) is 0 Å². The first-order valence-corrected chi connectivity index (χ1v) is 6.64. The van der Waals surface area contributed by atoms with Gasteiger partial charge in [-0.25, -0.2) is 0 Å². The van der Waals surface area contributed by atoms with E-state index in [4.69, 9.17) is 10.0 Å². The van der Waals surface area contributed by atoms with E-state index in [-0.39, 0.29) is 0 Å². The van der Waals surface area contributed by atoms with Gasteiger partial charge in [-0.05, 0) is 29.9 Å². The van der Waals surface area contributed by atoms with E-state index in [0.717, 1.165) is 24.1 Å². The smallest absolute Gasteiger partial charge is 0.423 e. The molecule has 0 unspecified atom stereocenters. The van der Waals surface area contributed by atoms with Gasteiger partial charge in [-0.2, -0.15) is 5.10 Å². The second-order valence-corrected chi connectivity index (χ2v) is 4.61. The highest BCUT2D eigenvalue weighted by molar-refractivity contribution is 6.58. The molecule has 4 nitrogen and oxygen atoms in total. The molecule has 0 saturated heterocycles. The van der Waals surface area contributed by atoms with Gasteiger partial charge in [0.05, 0.1) is 12.2 Å². The number of hydrogen-bond acceptors (Lipinski definition) is 3. The highest BCUT2D eigenvalue weighted by Gasteiger charge is 2.10. The number of nitrogens with zero attached hydrogens (tertiary/aromatic N) is 2. The predicted octanol–water partition coefficient (Wildman–Crippen LogP) is 0.736. The van der Waals surface area contributed by atoms with Crippen LogP contribution in [0.1, 0.15) is 30.8 Å². The van der Waals surface area contributed by atoms with Crippen molar-refractivity contribution in [2.75, 3.05) is 0 Å². The van der Waals surface area contributed by atoms with Gasteiger partial charge in [0, 0.05) is 5.69 Å². The molecule has 1 heterocycles. The normalized spacial score (nSPS) is 10.7. The zero-order valence-corrected chi connectivity index (χ0v) is 11.4. The molecular formula is C14H19BN2O2. The molecule has 5 heteroatoms. The van der Waals surface area contributed by atoms with Crippen molar-refractivity contribution in [3.8, 4) is 0 Å². The lowest BCUT2D eigenvalue weighted by molar-refractivity contribution is 0.426. The van der Waals surface area contributed by atoms with E-state index in [0.29, 0.717) is 12.0 Å². The highest BCUT2D eigenvalue weighted by atomic mass is 16.4. The third-order valence-electron chi connectivity index (χ3n) is 3.25. The van der Waals surface area contributed by atoms with Crippen molar-refractivity contribution in [1.82, 2.24) is 9.78 Å². The lowest BCUT2D eigenvalue weighted by Gasteiger charge is -2.07. The number of benzene rings is 1. The minimum Gasteiger partial charge on any atom is -0.423 e. The maximum absolute atomic E-state index is 9.06. The van der Waals surface area contributed by atoms with Crippen LogP contribution >= 0.6 is 0 Å². The molecule has 2 rings (SSSR count). The molecule has 0 fully saturated rings. The maximum atomic E-state index is 9.06. The molecule has 0 saturated carbocycles. The summed E-state index contributed by atoms with van der Waals surface area (Å²) >= 11 is 0. The van der Waals surface area contributed by atoms with Gasteiger partial charge < -0.3 is 10.0 Å². The number of aromatic nitrogens is 2. The standard InChI is InChI=1S/C14H19BN2O2/c1-3-13-9-14(4-2)17(16-13)10-11-5-7-12(8-6-11)15(18)19/h5-9,18-19H,3-4,10H2,1-2H3. The van der Waals surface area contributed by atoms with E-state index in [1.165, 1.54) is 5.69 Å². The SMILES string of the molecule is CCc1cc(CC)n(Cc2ccc(B(O)O)cc2)n1. The van der Waals surface area contributed by atoms with Crippen LogP contribution in [-0.4, -0.2) is 26.9 Å². The number of hydrogen-bond donors (Lipinski definition) is 2. The Balaban J connectivity index is 2.18. The summed E-state index contributed by atoms with van der Waals surface area (Å²) in [5, 5.41) is 22.7. The molecule has 1 aromatic heterocycles. The van der Waals surface area contributed by atoms with Crippen molar-refractivity contribution in [3.05, 3.63) is 47.3 Å². The van der Waals surface area contributed by atoms with E-state index >= 15 is 0 Å². The number of rotatable bonds is 5. The summed E-state index contributed by atoms with van der Waals surface area (Å²) in [7, 11) is -1.41. The molecule has 1 aromatic carbocycles. The van der Waals surface area contributed by atoms with Gasteiger partial charge in [-0.3, -0.25) is 4.68 Å². The Kier molecular flexibility index (Phi) is 4.40. The summed E-state index contributed by atoms with van der Waals surface area (Å²) in [6.45, 7) is 4.94. The average Bonchev–Trinajstić information content (AvgIpc) is 2.81. The van der Waals surface area contributed by atoms with Gasteiger partial charge in [-0.1, -0.05) is 38.1 Å². The topological polar surface area (TPSA) is 58.3 Å². The highest BCUT2D eigenvalue weighted by Crippen LogP contribution is 2.09. The molecule has 0 radical (unpaired) electrons. The summed E-state index contributed by atoms with van der Waals surface area (Å²) in [5.41, 5.74) is 3.95. The van der Waals surface area contributed by atoms with Crippen LogP contribution in [-0.2, 0) is 19.4 Å². The quantitative estimate of drug-likeness (QED) is 0.777. The van der Waals surface area contributed by atoms with Crippen LogP contribution in [0.25, 0.3) is 0 Å². The Morgan fingerprint density at radius 2 is 1.79 bits per heavy atom. The van der Waals surface area contributed by atoms with Gasteiger partial charge >= 0.3 is 7.12 Å². The second kappa shape index (κ2) is 6.04. The van der Waals surface area contributed by atoms with Crippen molar-refractivity contribution < 1.29 is 10.0 Å². The fourth-order valence-corrected chi connectivity index (χ4v) is 2.08. The van der Waals surface area contributed by atoms with Crippen LogP contribution in [0.4, 0.5) is 0 Å². The summed E-state index contributed by atoms with van der Waals surface area (Å²) in [6.07, 6.45) is 1.90. The fraction of sp³-hybridized carbons (Fsp3) is 0.357. The van der Waals surface area contributed by atoms with Gasteiger partial charge in [0.1, 0.15) is 0 Å². The summed E-state index contributed by atoms with van der Waals surface area (Å²) in [5.74, 6) is 0. The monoisotopic (exact) mass is 258 g/mol. The zero-order valence-electron chi connectivity index (χ0n) is 11.4. The predicted molar refractivity (Wildman–Crippen MR) is 76.4 cm³/mol. The Bertz CT molecular complexity index is 535. The van der Waals surface area contributed by atoms with E-state index in [2.05, 4.69) is 25.0 Å². The van der Waals surface area contributed by atoms with Gasteiger partial charge in [-0.15, -0.1) is 0 Å². The van der Waals surface area contributed by atoms with Crippen molar-refractivity contribution >= 4 is 12.6 Å². The molecule has 0 bridgehead atoms. The maximum Gasteiger partial charge on any atom is 0.488 e. The molecule has 0 atom stereocenters. The molecular weight excluding hydrogens is 239 g/mol. The lowest BCUT2D eigenvalue weighted by atomic mass is 9.80. The van der Waals surface area contributed by atoms with Crippen molar-refractivity contribution in [2.45, 2.75) is 33.2 Å². The average molecular weight is 258 g/mol. The molecule has 0 aliphatic heterocycles. The van der Waals surface area contributed by atoms with E-state index in [1.54, 1.807) is 12.1 Å². The van der Waals surface area contributed by atoms with Gasteiger partial charge in [0.2, 0.25) is 0 Å². The van der Waals surface area contributed by atoms with Crippen LogP contribution in [0.2, 0.25) is 0 Å². The Labute approximate surface area is 113 Å². The summed E-state index contributed by atoms with van der Waals surface area (Å²) in [6, 6.07) is 9.42. The molecule has 2 aromatic rings. The molecule has 19 heavy (non-hydrogen) atoms. The first-order valence-electron chi connectivity index (χ1n) is 6.64. The number of aryl methyl sites for hydroxylation is 2. The Morgan fingerprint density at radius 3 is 2.32 bits per heavy atom. The van der Waals surface area contributed by atoms with E-state index in [9.17, 15) is 0 Å². The molecule has 0 amide bonds. The van der Waals surface area contributed by atoms with Crippen LogP contribution in [0.15, 0.2) is 30.3 Å². The molecule has 100 valence electrons. The van der Waals surface area contributed by atoms with E-state index in [1.807, 2.05) is 16.8 Å². The first-order chi connectivity index (χ1) is 9.13. The fourth-order valence-electron chi connectivity index (χ4n) is 2.08. The minimum absolute atomic E-state index is 0.508. The lowest BCUT2D eigenvalue weighted by Crippen LogP contribution is -2.29. The summed E-state index contributed by atoms with van der Waals surface area (Å²) < 4.78 is 2.02. The molecule has 0 spiro atoms.